The summed E-state index contributed by atoms with van der Waals surface area (Å²) in [4.78, 5) is 12.5. The van der Waals surface area contributed by atoms with Crippen molar-refractivity contribution in [3.63, 3.8) is 0 Å². The maximum Gasteiger partial charge on any atom is 0.243 e. The molecule has 2 aliphatic rings. The van der Waals surface area contributed by atoms with Crippen LogP contribution in [0.25, 0.3) is 0 Å². The lowest BCUT2D eigenvalue weighted by Crippen LogP contribution is -2.62. The molecule has 0 aromatic rings. The van der Waals surface area contributed by atoms with Gasteiger partial charge in [-0.05, 0) is 88.0 Å². The molecule has 0 spiro atoms. The van der Waals surface area contributed by atoms with Crippen molar-refractivity contribution in [1.29, 1.82) is 0 Å². The van der Waals surface area contributed by atoms with E-state index in [2.05, 4.69) is 83.6 Å². The van der Waals surface area contributed by atoms with Crippen LogP contribution in [0.5, 0.6) is 0 Å². The minimum atomic E-state index is 0.0121. The minimum absolute atomic E-state index is 0.0121. The van der Waals surface area contributed by atoms with Crippen LogP contribution in [0.1, 0.15) is 88.0 Å². The lowest BCUT2D eigenvalue weighted by atomic mass is 9.79. The third-order valence-electron chi connectivity index (χ3n) is 5.76. The molecule has 0 aliphatic carbocycles. The van der Waals surface area contributed by atoms with Gasteiger partial charge in [0, 0.05) is 46.4 Å². The first kappa shape index (κ1) is 23.4. The molecule has 1 atom stereocenters. The molecule has 0 bridgehead atoms. The predicted molar refractivity (Wildman–Crippen MR) is 119 cm³/mol. The van der Waals surface area contributed by atoms with Crippen LogP contribution in [0, 0.1) is 0 Å². The van der Waals surface area contributed by atoms with Crippen LogP contribution in [0.2, 0.25) is 0 Å². The molecule has 2 heterocycles. The molecule has 4 N–H and O–H groups in total. The summed E-state index contributed by atoms with van der Waals surface area (Å²) in [7, 11) is 0. The van der Waals surface area contributed by atoms with Gasteiger partial charge < -0.3 is 21.3 Å². The second-order valence-electron chi connectivity index (χ2n) is 11.8. The lowest BCUT2D eigenvalue weighted by molar-refractivity contribution is -0.117. The first-order valence-electron chi connectivity index (χ1n) is 10.9. The van der Waals surface area contributed by atoms with Gasteiger partial charge in [0.05, 0.1) is 0 Å². The number of rotatable bonds is 5. The molecule has 0 radical (unpaired) electrons. The zero-order chi connectivity index (χ0) is 21.4. The summed E-state index contributed by atoms with van der Waals surface area (Å²) >= 11 is 0. The first-order valence-corrected chi connectivity index (χ1v) is 10.9. The standard InChI is InChI=1S/C23H44N4O/c1-16(24-17-12-20(2,3)26-21(4,5)13-17)10-11-19(28)25-18-14-22(6,7)27-23(8,9)15-18/h10-11,16-18,24,26-27H,12-15H2,1-9H3,(H,25,28)/b11-10+. The SMILES string of the molecule is CC(/C=C/C(=O)NC1CC(C)(C)NC(C)(C)C1)NC1CC(C)(C)NC(C)(C)C1. The highest BCUT2D eigenvalue weighted by Crippen LogP contribution is 2.29. The maximum atomic E-state index is 12.5. The second kappa shape index (κ2) is 8.08. The van der Waals surface area contributed by atoms with E-state index in [4.69, 9.17) is 0 Å². The summed E-state index contributed by atoms with van der Waals surface area (Å²) < 4.78 is 0. The van der Waals surface area contributed by atoms with Crippen molar-refractivity contribution < 1.29 is 4.79 Å². The van der Waals surface area contributed by atoms with Crippen molar-refractivity contribution in [3.8, 4) is 0 Å². The molecule has 5 nitrogen and oxygen atoms in total. The Hall–Kier alpha value is -0.910. The largest absolute Gasteiger partial charge is 0.350 e. The second-order valence-corrected chi connectivity index (χ2v) is 11.8. The number of hydrogen-bond acceptors (Lipinski definition) is 4. The Morgan fingerprint density at radius 1 is 0.821 bits per heavy atom. The maximum absolute atomic E-state index is 12.5. The van der Waals surface area contributed by atoms with E-state index in [-0.39, 0.29) is 40.1 Å². The molecule has 5 heteroatoms. The van der Waals surface area contributed by atoms with Crippen LogP contribution < -0.4 is 21.3 Å². The zero-order valence-electron chi connectivity index (χ0n) is 19.6. The predicted octanol–water partition coefficient (Wildman–Crippen LogP) is 3.26. The summed E-state index contributed by atoms with van der Waals surface area (Å²) in [5.74, 6) is 0.0121. The third-order valence-corrected chi connectivity index (χ3v) is 5.76. The molecular formula is C23H44N4O. The zero-order valence-corrected chi connectivity index (χ0v) is 19.6. The van der Waals surface area contributed by atoms with E-state index in [1.807, 2.05) is 6.08 Å². The fourth-order valence-corrected chi connectivity index (χ4v) is 5.77. The van der Waals surface area contributed by atoms with Crippen LogP contribution in [-0.2, 0) is 4.79 Å². The normalized spacial score (nSPS) is 28.2. The quantitative estimate of drug-likeness (QED) is 0.542. The molecule has 2 saturated heterocycles. The van der Waals surface area contributed by atoms with Gasteiger partial charge in [-0.15, -0.1) is 0 Å². The smallest absolute Gasteiger partial charge is 0.243 e. The van der Waals surface area contributed by atoms with E-state index in [0.29, 0.717) is 6.04 Å². The highest BCUT2D eigenvalue weighted by molar-refractivity contribution is 5.87. The number of piperidine rings is 2. The molecular weight excluding hydrogens is 348 g/mol. The topological polar surface area (TPSA) is 65.2 Å². The summed E-state index contributed by atoms with van der Waals surface area (Å²) in [5.41, 5.74) is 0.309. The lowest BCUT2D eigenvalue weighted by Gasteiger charge is -2.47. The highest BCUT2D eigenvalue weighted by atomic mass is 16.1. The Balaban J connectivity index is 1.86. The monoisotopic (exact) mass is 392 g/mol. The van der Waals surface area contributed by atoms with Crippen molar-refractivity contribution in [2.75, 3.05) is 0 Å². The molecule has 2 fully saturated rings. The van der Waals surface area contributed by atoms with E-state index >= 15 is 0 Å². The van der Waals surface area contributed by atoms with Gasteiger partial charge in [-0.25, -0.2) is 0 Å². The number of amides is 1. The summed E-state index contributed by atoms with van der Waals surface area (Å²) in [6, 6.07) is 0.819. The molecule has 162 valence electrons. The molecule has 2 rings (SSSR count). The van der Waals surface area contributed by atoms with Crippen molar-refractivity contribution in [3.05, 3.63) is 12.2 Å². The van der Waals surface area contributed by atoms with Crippen LogP contribution in [-0.4, -0.2) is 46.2 Å². The van der Waals surface area contributed by atoms with Crippen LogP contribution in [0.15, 0.2) is 12.2 Å². The van der Waals surface area contributed by atoms with Gasteiger partial charge >= 0.3 is 0 Å². The average Bonchev–Trinajstić information content (AvgIpc) is 2.37. The van der Waals surface area contributed by atoms with Gasteiger partial charge in [0.1, 0.15) is 0 Å². The van der Waals surface area contributed by atoms with E-state index in [1.165, 1.54) is 0 Å². The molecule has 0 aromatic heterocycles. The minimum Gasteiger partial charge on any atom is -0.350 e. The van der Waals surface area contributed by atoms with Crippen LogP contribution in [0.4, 0.5) is 0 Å². The van der Waals surface area contributed by atoms with Gasteiger partial charge in [0.25, 0.3) is 0 Å². The summed E-state index contributed by atoms with van der Waals surface area (Å²) in [5, 5.41) is 14.3. The number of carbonyl (C=O) groups is 1. The van der Waals surface area contributed by atoms with Crippen molar-refractivity contribution in [1.82, 2.24) is 21.3 Å². The molecule has 0 aromatic carbocycles. The number of hydrogen-bond donors (Lipinski definition) is 4. The number of carbonyl (C=O) groups excluding carboxylic acids is 1. The molecule has 2 aliphatic heterocycles. The molecule has 0 saturated carbocycles. The van der Waals surface area contributed by atoms with E-state index in [1.54, 1.807) is 6.08 Å². The van der Waals surface area contributed by atoms with E-state index in [0.717, 1.165) is 25.7 Å². The Kier molecular flexibility index (Phi) is 6.74. The average molecular weight is 393 g/mol. The highest BCUT2D eigenvalue weighted by Gasteiger charge is 2.39. The van der Waals surface area contributed by atoms with Gasteiger partial charge in [-0.2, -0.15) is 0 Å². The summed E-state index contributed by atoms with van der Waals surface area (Å²) in [6.45, 7) is 20.0. The molecule has 1 unspecified atom stereocenters. The van der Waals surface area contributed by atoms with E-state index in [9.17, 15) is 4.79 Å². The Labute approximate surface area is 172 Å². The van der Waals surface area contributed by atoms with Crippen molar-refractivity contribution in [2.24, 2.45) is 0 Å². The van der Waals surface area contributed by atoms with Gasteiger partial charge in [0.15, 0.2) is 0 Å². The molecule has 1 amide bonds. The Morgan fingerprint density at radius 2 is 1.21 bits per heavy atom. The molecule has 28 heavy (non-hydrogen) atoms. The van der Waals surface area contributed by atoms with Crippen molar-refractivity contribution >= 4 is 5.91 Å². The Bertz CT molecular complexity index is 559. The fraction of sp³-hybridized carbons (Fsp3) is 0.870. The fourth-order valence-electron chi connectivity index (χ4n) is 5.77. The van der Waals surface area contributed by atoms with Crippen LogP contribution >= 0.6 is 0 Å². The Morgan fingerprint density at radius 3 is 1.64 bits per heavy atom. The van der Waals surface area contributed by atoms with Gasteiger partial charge in [0.2, 0.25) is 5.91 Å². The summed E-state index contributed by atoms with van der Waals surface area (Å²) in [6.07, 6.45) is 7.76. The van der Waals surface area contributed by atoms with Gasteiger partial charge in [-0.3, -0.25) is 4.79 Å². The first-order chi connectivity index (χ1) is 12.6. The van der Waals surface area contributed by atoms with Gasteiger partial charge in [-0.1, -0.05) is 6.08 Å². The van der Waals surface area contributed by atoms with Crippen LogP contribution in [0.3, 0.4) is 0 Å². The van der Waals surface area contributed by atoms with Crippen molar-refractivity contribution in [2.45, 2.75) is 128 Å². The number of nitrogens with one attached hydrogen (secondary N) is 4. The third kappa shape index (κ3) is 7.49. The van der Waals surface area contributed by atoms with E-state index < -0.39 is 0 Å².